The molecule has 0 aliphatic rings. The van der Waals surface area contributed by atoms with Gasteiger partial charge in [0.1, 0.15) is 5.82 Å². The molecule has 0 fully saturated rings. The van der Waals surface area contributed by atoms with Crippen LogP contribution in [-0.2, 0) is 6.61 Å². The lowest BCUT2D eigenvalue weighted by Gasteiger charge is -1.98. The Balaban J connectivity index is 2.34. The van der Waals surface area contributed by atoms with Gasteiger partial charge >= 0.3 is 0 Å². The third kappa shape index (κ3) is 1.62. The molecular formula is C9H8FN3O. The lowest BCUT2D eigenvalue weighted by molar-refractivity contribution is 0.282. The van der Waals surface area contributed by atoms with Crippen LogP contribution >= 0.6 is 0 Å². The second-order valence-corrected chi connectivity index (χ2v) is 2.79. The van der Waals surface area contributed by atoms with Crippen LogP contribution in [0.1, 0.15) is 5.56 Å². The van der Waals surface area contributed by atoms with Crippen LogP contribution in [0.4, 0.5) is 4.39 Å². The second-order valence-electron chi connectivity index (χ2n) is 2.79. The quantitative estimate of drug-likeness (QED) is 0.770. The molecule has 0 radical (unpaired) electrons. The molecule has 0 saturated heterocycles. The fourth-order valence-electron chi connectivity index (χ4n) is 1.07. The Hall–Kier alpha value is -1.75. The van der Waals surface area contributed by atoms with Crippen molar-refractivity contribution in [3.63, 3.8) is 0 Å². The van der Waals surface area contributed by atoms with Crippen molar-refractivity contribution in [2.45, 2.75) is 6.61 Å². The Kier molecular flexibility index (Phi) is 2.24. The van der Waals surface area contributed by atoms with Crippen LogP contribution in [0.25, 0.3) is 5.82 Å². The standard InChI is InChI=1S/C9H8FN3O/c10-8-1-2-9(11-4-8)13-5-7(6-14)3-12-13/h1-5,14H,6H2. The molecular weight excluding hydrogens is 185 g/mol. The van der Waals surface area contributed by atoms with Crippen LogP contribution in [0, 0.1) is 5.82 Å². The van der Waals surface area contributed by atoms with Crippen molar-refractivity contribution in [3.05, 3.63) is 42.1 Å². The van der Waals surface area contributed by atoms with Gasteiger partial charge in [-0.05, 0) is 12.1 Å². The highest BCUT2D eigenvalue weighted by Crippen LogP contribution is 2.05. The highest BCUT2D eigenvalue weighted by molar-refractivity contribution is 5.22. The van der Waals surface area contributed by atoms with Gasteiger partial charge in [0.2, 0.25) is 0 Å². The van der Waals surface area contributed by atoms with Crippen molar-refractivity contribution in [1.82, 2.24) is 14.8 Å². The summed E-state index contributed by atoms with van der Waals surface area (Å²) in [6, 6.07) is 2.83. The van der Waals surface area contributed by atoms with Crippen LogP contribution in [0.3, 0.4) is 0 Å². The lowest BCUT2D eigenvalue weighted by atomic mass is 10.4. The maximum Gasteiger partial charge on any atom is 0.153 e. The van der Waals surface area contributed by atoms with Crippen molar-refractivity contribution in [1.29, 1.82) is 0 Å². The Bertz CT molecular complexity index is 424. The summed E-state index contributed by atoms with van der Waals surface area (Å²) in [7, 11) is 0. The minimum atomic E-state index is -0.386. The van der Waals surface area contributed by atoms with Gasteiger partial charge in [0, 0.05) is 11.8 Å². The van der Waals surface area contributed by atoms with Crippen LogP contribution < -0.4 is 0 Å². The van der Waals surface area contributed by atoms with Crippen molar-refractivity contribution in [3.8, 4) is 5.82 Å². The Morgan fingerprint density at radius 2 is 2.21 bits per heavy atom. The van der Waals surface area contributed by atoms with Gasteiger partial charge < -0.3 is 5.11 Å². The molecule has 0 spiro atoms. The molecule has 2 heterocycles. The zero-order chi connectivity index (χ0) is 9.97. The van der Waals surface area contributed by atoms with Gasteiger partial charge in [-0.15, -0.1) is 0 Å². The number of pyridine rings is 1. The molecule has 1 N–H and O–H groups in total. The Labute approximate surface area is 79.6 Å². The lowest BCUT2D eigenvalue weighted by Crippen LogP contribution is -1.97. The van der Waals surface area contributed by atoms with Gasteiger partial charge in [-0.2, -0.15) is 5.10 Å². The highest BCUT2D eigenvalue weighted by atomic mass is 19.1. The molecule has 2 rings (SSSR count). The normalized spacial score (nSPS) is 10.4. The summed E-state index contributed by atoms with van der Waals surface area (Å²) in [5.41, 5.74) is 0.691. The van der Waals surface area contributed by atoms with Crippen LogP contribution in [0.2, 0.25) is 0 Å². The number of hydrogen-bond acceptors (Lipinski definition) is 3. The molecule has 2 aromatic rings. The topological polar surface area (TPSA) is 50.9 Å². The monoisotopic (exact) mass is 193 g/mol. The molecule has 0 amide bonds. The third-order valence-corrected chi connectivity index (χ3v) is 1.77. The zero-order valence-electron chi connectivity index (χ0n) is 7.26. The van der Waals surface area contributed by atoms with E-state index in [4.69, 9.17) is 5.11 Å². The molecule has 2 aromatic heterocycles. The van der Waals surface area contributed by atoms with Crippen molar-refractivity contribution >= 4 is 0 Å². The number of aliphatic hydroxyl groups is 1. The van der Waals surface area contributed by atoms with Crippen molar-refractivity contribution in [2.75, 3.05) is 0 Å². The summed E-state index contributed by atoms with van der Waals surface area (Å²) in [4.78, 5) is 3.84. The van der Waals surface area contributed by atoms with Crippen molar-refractivity contribution < 1.29 is 9.50 Å². The molecule has 5 heteroatoms. The van der Waals surface area contributed by atoms with E-state index in [9.17, 15) is 4.39 Å². The fraction of sp³-hybridized carbons (Fsp3) is 0.111. The molecule has 14 heavy (non-hydrogen) atoms. The summed E-state index contributed by atoms with van der Waals surface area (Å²) in [5.74, 6) is 0.134. The average Bonchev–Trinajstić information content (AvgIpc) is 2.67. The number of aromatic nitrogens is 3. The molecule has 4 nitrogen and oxygen atoms in total. The molecule has 72 valence electrons. The van der Waals surface area contributed by atoms with Gasteiger partial charge in [-0.25, -0.2) is 14.1 Å². The van der Waals surface area contributed by atoms with E-state index in [0.29, 0.717) is 11.4 Å². The molecule has 0 unspecified atom stereocenters. The first-order valence-electron chi connectivity index (χ1n) is 4.06. The van der Waals surface area contributed by atoms with Crippen molar-refractivity contribution in [2.24, 2.45) is 0 Å². The van der Waals surface area contributed by atoms with E-state index in [2.05, 4.69) is 10.1 Å². The first kappa shape index (κ1) is 8.83. The predicted molar refractivity (Wildman–Crippen MR) is 47.2 cm³/mol. The Morgan fingerprint density at radius 3 is 2.79 bits per heavy atom. The summed E-state index contributed by atoms with van der Waals surface area (Å²) in [6.45, 7) is -0.0683. The largest absolute Gasteiger partial charge is 0.392 e. The average molecular weight is 193 g/mol. The minimum Gasteiger partial charge on any atom is -0.392 e. The third-order valence-electron chi connectivity index (χ3n) is 1.77. The van der Waals surface area contributed by atoms with E-state index < -0.39 is 0 Å². The molecule has 0 atom stereocenters. The van der Waals surface area contributed by atoms with Gasteiger partial charge in [-0.1, -0.05) is 0 Å². The summed E-state index contributed by atoms with van der Waals surface area (Å²) < 4.78 is 14.0. The maximum atomic E-state index is 12.5. The van der Waals surface area contributed by atoms with E-state index in [0.717, 1.165) is 6.20 Å². The predicted octanol–water partition coefficient (Wildman–Crippen LogP) is 0.899. The number of halogens is 1. The van der Waals surface area contributed by atoms with Gasteiger partial charge in [0.05, 0.1) is 19.0 Å². The zero-order valence-corrected chi connectivity index (χ0v) is 7.26. The summed E-state index contributed by atoms with van der Waals surface area (Å²) >= 11 is 0. The SMILES string of the molecule is OCc1cnn(-c2ccc(F)cn2)c1. The first-order chi connectivity index (χ1) is 6.79. The summed E-state index contributed by atoms with van der Waals surface area (Å²) in [6.07, 6.45) is 4.29. The van der Waals surface area contributed by atoms with Crippen LogP contribution in [0.5, 0.6) is 0 Å². The Morgan fingerprint density at radius 1 is 1.36 bits per heavy atom. The van der Waals surface area contributed by atoms with E-state index in [1.165, 1.54) is 23.0 Å². The number of nitrogens with zero attached hydrogens (tertiary/aromatic N) is 3. The highest BCUT2D eigenvalue weighted by Gasteiger charge is 2.00. The maximum absolute atomic E-state index is 12.5. The van der Waals surface area contributed by atoms with E-state index >= 15 is 0 Å². The molecule has 0 saturated carbocycles. The van der Waals surface area contributed by atoms with Crippen LogP contribution in [-0.4, -0.2) is 19.9 Å². The minimum absolute atomic E-state index is 0.0683. The van der Waals surface area contributed by atoms with E-state index in [1.807, 2.05) is 0 Å². The smallest absolute Gasteiger partial charge is 0.153 e. The van der Waals surface area contributed by atoms with E-state index in [1.54, 1.807) is 6.20 Å². The molecule has 0 bridgehead atoms. The summed E-state index contributed by atoms with van der Waals surface area (Å²) in [5, 5.41) is 12.8. The number of hydrogen-bond donors (Lipinski definition) is 1. The van der Waals surface area contributed by atoms with Crippen LogP contribution in [0.15, 0.2) is 30.7 Å². The molecule has 0 aliphatic heterocycles. The van der Waals surface area contributed by atoms with Gasteiger partial charge in [0.25, 0.3) is 0 Å². The number of rotatable bonds is 2. The number of aliphatic hydroxyl groups excluding tert-OH is 1. The van der Waals surface area contributed by atoms with Gasteiger partial charge in [-0.3, -0.25) is 0 Å². The molecule has 0 aromatic carbocycles. The van der Waals surface area contributed by atoms with Gasteiger partial charge in [0.15, 0.2) is 5.82 Å². The van der Waals surface area contributed by atoms with E-state index in [-0.39, 0.29) is 12.4 Å². The first-order valence-corrected chi connectivity index (χ1v) is 4.06. The molecule has 0 aliphatic carbocycles. The second kappa shape index (κ2) is 3.55. The fourth-order valence-corrected chi connectivity index (χ4v) is 1.07.